The molecule has 182 valence electrons. The van der Waals surface area contributed by atoms with Crippen LogP contribution in [0.25, 0.3) is 0 Å². The molecule has 2 aromatic heterocycles. The molecule has 4 aromatic rings. The molecule has 0 radical (unpaired) electrons. The number of pyridine rings is 1. The number of ether oxygens (including phenoxy) is 3. The number of hydrogen-bond acceptors (Lipinski definition) is 8. The molecule has 4 rings (SSSR count). The average molecular weight is 485 g/mol. The van der Waals surface area contributed by atoms with Gasteiger partial charge in [-0.2, -0.15) is 9.97 Å². The van der Waals surface area contributed by atoms with Gasteiger partial charge < -0.3 is 19.5 Å². The highest BCUT2D eigenvalue weighted by Crippen LogP contribution is 2.18. The van der Waals surface area contributed by atoms with Gasteiger partial charge in [-0.15, -0.1) is 0 Å². The third-order valence-corrected chi connectivity index (χ3v) is 4.87. The second-order valence-electron chi connectivity index (χ2n) is 7.53. The number of aromatic nitrogens is 3. The summed E-state index contributed by atoms with van der Waals surface area (Å²) in [7, 11) is 0. The summed E-state index contributed by atoms with van der Waals surface area (Å²) in [5, 5.41) is 2.65. The minimum Gasteiger partial charge on any atom is -0.473 e. The second-order valence-corrected chi connectivity index (χ2v) is 7.53. The van der Waals surface area contributed by atoms with E-state index in [9.17, 15) is 9.59 Å². The van der Waals surface area contributed by atoms with Crippen LogP contribution in [0, 0.1) is 0 Å². The van der Waals surface area contributed by atoms with Gasteiger partial charge in [0, 0.05) is 12.3 Å². The number of carbonyl (C=O) groups excluding carboxylic acids is 2. The zero-order valence-electron chi connectivity index (χ0n) is 19.6. The summed E-state index contributed by atoms with van der Waals surface area (Å²) in [5.74, 6) is -0.597. The molecule has 0 saturated carbocycles. The van der Waals surface area contributed by atoms with Gasteiger partial charge in [-0.3, -0.25) is 4.79 Å². The van der Waals surface area contributed by atoms with Crippen LogP contribution in [0.5, 0.6) is 11.9 Å². The number of nitrogens with zero attached hydrogens (tertiary/aromatic N) is 3. The zero-order chi connectivity index (χ0) is 25.2. The fourth-order valence-electron chi connectivity index (χ4n) is 3.10. The quantitative estimate of drug-likeness (QED) is 0.328. The van der Waals surface area contributed by atoms with E-state index in [-0.39, 0.29) is 48.8 Å². The minimum atomic E-state index is -0.539. The summed E-state index contributed by atoms with van der Waals surface area (Å²) in [6.07, 6.45) is 1.33. The first-order chi connectivity index (χ1) is 17.6. The molecule has 0 aliphatic carbocycles. The highest BCUT2D eigenvalue weighted by atomic mass is 16.5. The van der Waals surface area contributed by atoms with Gasteiger partial charge >= 0.3 is 12.0 Å². The van der Waals surface area contributed by atoms with Crippen molar-refractivity contribution < 1.29 is 23.8 Å². The number of nitrogens with one attached hydrogen (secondary N) is 1. The highest BCUT2D eigenvalue weighted by Gasteiger charge is 2.16. The number of amides is 1. The van der Waals surface area contributed by atoms with E-state index in [1.807, 2.05) is 60.7 Å². The SMILES string of the molecule is CCOC(=O)c1ccc(NC(=O)c2cc(OCc3ccccc3)nc(OCc3ccccc3)n2)nc1. The van der Waals surface area contributed by atoms with Gasteiger partial charge in [-0.25, -0.2) is 9.78 Å². The van der Waals surface area contributed by atoms with Crippen LogP contribution >= 0.6 is 0 Å². The van der Waals surface area contributed by atoms with Crippen molar-refractivity contribution in [3.63, 3.8) is 0 Å². The highest BCUT2D eigenvalue weighted by molar-refractivity contribution is 6.02. The van der Waals surface area contributed by atoms with E-state index in [0.29, 0.717) is 0 Å². The van der Waals surface area contributed by atoms with Gasteiger partial charge in [0.25, 0.3) is 5.91 Å². The Labute approximate surface area is 208 Å². The molecule has 1 N–H and O–H groups in total. The number of anilines is 1. The van der Waals surface area contributed by atoms with Crippen molar-refractivity contribution in [2.75, 3.05) is 11.9 Å². The molecule has 1 amide bonds. The van der Waals surface area contributed by atoms with Crippen LogP contribution in [0.4, 0.5) is 5.82 Å². The Bertz CT molecular complexity index is 1240. The van der Waals surface area contributed by atoms with Crippen molar-refractivity contribution in [2.24, 2.45) is 0 Å². The maximum atomic E-state index is 12.9. The Morgan fingerprint density at radius 1 is 0.833 bits per heavy atom. The van der Waals surface area contributed by atoms with Gasteiger partial charge in [0.1, 0.15) is 24.7 Å². The lowest BCUT2D eigenvalue weighted by Gasteiger charge is -2.11. The van der Waals surface area contributed by atoms with E-state index >= 15 is 0 Å². The molecular formula is C27H24N4O5. The lowest BCUT2D eigenvalue weighted by Crippen LogP contribution is -2.16. The Kier molecular flexibility index (Phi) is 8.16. The van der Waals surface area contributed by atoms with Gasteiger partial charge in [-0.05, 0) is 30.2 Å². The zero-order valence-corrected chi connectivity index (χ0v) is 19.6. The summed E-state index contributed by atoms with van der Waals surface area (Å²) in [4.78, 5) is 37.4. The van der Waals surface area contributed by atoms with Gasteiger partial charge in [0.2, 0.25) is 5.88 Å². The Morgan fingerprint density at radius 3 is 2.11 bits per heavy atom. The van der Waals surface area contributed by atoms with Crippen LogP contribution in [0.3, 0.4) is 0 Å². The first-order valence-electron chi connectivity index (χ1n) is 11.3. The fraction of sp³-hybridized carbons (Fsp3) is 0.148. The van der Waals surface area contributed by atoms with E-state index in [4.69, 9.17) is 14.2 Å². The first-order valence-corrected chi connectivity index (χ1v) is 11.3. The van der Waals surface area contributed by atoms with E-state index in [0.717, 1.165) is 11.1 Å². The Balaban J connectivity index is 1.51. The molecule has 0 aliphatic heterocycles. The molecular weight excluding hydrogens is 460 g/mol. The summed E-state index contributed by atoms with van der Waals surface area (Å²) in [6, 6.07) is 23.6. The third kappa shape index (κ3) is 6.86. The molecule has 9 nitrogen and oxygen atoms in total. The Hall–Kier alpha value is -4.79. The van der Waals surface area contributed by atoms with Crippen molar-refractivity contribution in [3.8, 4) is 11.9 Å². The summed E-state index contributed by atoms with van der Waals surface area (Å²) >= 11 is 0. The van der Waals surface area contributed by atoms with Crippen molar-refractivity contribution in [2.45, 2.75) is 20.1 Å². The summed E-state index contributed by atoms with van der Waals surface area (Å²) in [6.45, 7) is 2.46. The van der Waals surface area contributed by atoms with Crippen LogP contribution in [-0.4, -0.2) is 33.4 Å². The molecule has 0 aliphatic rings. The molecule has 36 heavy (non-hydrogen) atoms. The molecule has 0 unspecified atom stereocenters. The van der Waals surface area contributed by atoms with Crippen LogP contribution < -0.4 is 14.8 Å². The van der Waals surface area contributed by atoms with Gasteiger partial charge in [0.15, 0.2) is 0 Å². The van der Waals surface area contributed by atoms with Gasteiger partial charge in [-0.1, -0.05) is 60.7 Å². The largest absolute Gasteiger partial charge is 0.473 e. The van der Waals surface area contributed by atoms with Crippen molar-refractivity contribution >= 4 is 17.7 Å². The molecule has 2 aromatic carbocycles. The minimum absolute atomic E-state index is 0.000169. The monoisotopic (exact) mass is 484 g/mol. The van der Waals surface area contributed by atoms with Gasteiger partial charge in [0.05, 0.1) is 12.2 Å². The summed E-state index contributed by atoms with van der Waals surface area (Å²) < 4.78 is 16.5. The fourth-order valence-corrected chi connectivity index (χ4v) is 3.10. The topological polar surface area (TPSA) is 113 Å². The lowest BCUT2D eigenvalue weighted by atomic mass is 10.2. The van der Waals surface area contributed by atoms with E-state index < -0.39 is 11.9 Å². The number of carbonyl (C=O) groups is 2. The van der Waals surface area contributed by atoms with Crippen LogP contribution in [-0.2, 0) is 18.0 Å². The number of hydrogen-bond donors (Lipinski definition) is 1. The van der Waals surface area contributed by atoms with E-state index in [1.165, 1.54) is 24.4 Å². The molecule has 9 heteroatoms. The normalized spacial score (nSPS) is 10.4. The predicted molar refractivity (Wildman–Crippen MR) is 132 cm³/mol. The number of rotatable bonds is 10. The predicted octanol–water partition coefficient (Wildman–Crippen LogP) is 4.46. The maximum absolute atomic E-state index is 12.9. The summed E-state index contributed by atoms with van der Waals surface area (Å²) in [5.41, 5.74) is 2.19. The van der Waals surface area contributed by atoms with Crippen LogP contribution in [0.15, 0.2) is 85.1 Å². The Morgan fingerprint density at radius 2 is 1.50 bits per heavy atom. The molecule has 0 bridgehead atoms. The van der Waals surface area contributed by atoms with Crippen LogP contribution in [0.1, 0.15) is 38.9 Å². The van der Waals surface area contributed by atoms with E-state index in [1.54, 1.807) is 6.92 Å². The van der Waals surface area contributed by atoms with Crippen molar-refractivity contribution in [3.05, 3.63) is 107 Å². The van der Waals surface area contributed by atoms with Crippen molar-refractivity contribution in [1.29, 1.82) is 0 Å². The number of benzene rings is 2. The second kappa shape index (κ2) is 12.1. The standard InChI is InChI=1S/C27H24N4O5/c1-2-34-26(33)21-13-14-23(28-16-21)30-25(32)22-15-24(35-17-19-9-5-3-6-10-19)31-27(29-22)36-18-20-11-7-4-8-12-20/h3-16H,2,17-18H2,1H3,(H,28,30,32). The molecule has 2 heterocycles. The molecule has 0 saturated heterocycles. The maximum Gasteiger partial charge on any atom is 0.339 e. The first kappa shape index (κ1) is 24.3. The number of esters is 1. The lowest BCUT2D eigenvalue weighted by molar-refractivity contribution is 0.0526. The van der Waals surface area contributed by atoms with Crippen molar-refractivity contribution in [1.82, 2.24) is 15.0 Å². The molecule has 0 spiro atoms. The smallest absolute Gasteiger partial charge is 0.339 e. The molecule has 0 atom stereocenters. The average Bonchev–Trinajstić information content (AvgIpc) is 2.92. The van der Waals surface area contributed by atoms with E-state index in [2.05, 4.69) is 20.3 Å². The molecule has 0 fully saturated rings. The van der Waals surface area contributed by atoms with Crippen LogP contribution in [0.2, 0.25) is 0 Å². The third-order valence-electron chi connectivity index (χ3n) is 4.87.